The van der Waals surface area contributed by atoms with Gasteiger partial charge in [-0.25, -0.2) is 4.98 Å². The largest absolute Gasteiger partial charge is 0.495 e. The van der Waals surface area contributed by atoms with Gasteiger partial charge in [-0.3, -0.25) is 4.90 Å². The van der Waals surface area contributed by atoms with E-state index >= 15 is 0 Å². The van der Waals surface area contributed by atoms with E-state index in [1.165, 1.54) is 0 Å². The molecule has 2 aromatic heterocycles. The second-order valence-electron chi connectivity index (χ2n) is 5.79. The minimum absolute atomic E-state index is 0.172. The number of para-hydroxylation sites is 2. The van der Waals surface area contributed by atoms with Crippen LogP contribution in [0.1, 0.15) is 16.5 Å². The fourth-order valence-corrected chi connectivity index (χ4v) is 3.09. The quantitative estimate of drug-likeness (QED) is 0.653. The van der Waals surface area contributed by atoms with Crippen molar-refractivity contribution >= 4 is 28.9 Å². The first-order valence-corrected chi connectivity index (χ1v) is 8.91. The summed E-state index contributed by atoms with van der Waals surface area (Å²) in [5.41, 5.74) is 7.65. The first-order valence-electron chi connectivity index (χ1n) is 8.03. The van der Waals surface area contributed by atoms with Crippen molar-refractivity contribution < 1.29 is 4.74 Å². The van der Waals surface area contributed by atoms with Gasteiger partial charge in [0.1, 0.15) is 11.6 Å². The van der Waals surface area contributed by atoms with E-state index in [1.54, 1.807) is 18.4 Å². The molecule has 0 aliphatic carbocycles. The minimum atomic E-state index is 0.172. The van der Waals surface area contributed by atoms with Crippen LogP contribution in [0.25, 0.3) is 0 Å². The summed E-state index contributed by atoms with van der Waals surface area (Å²) in [5, 5.41) is 6.25. The molecule has 9 heteroatoms. The van der Waals surface area contributed by atoms with Gasteiger partial charge in [0.05, 0.1) is 30.0 Å². The molecule has 0 radical (unpaired) electrons. The van der Waals surface area contributed by atoms with Gasteiger partial charge in [0.25, 0.3) is 0 Å². The number of methoxy groups -OCH3 is 1. The van der Waals surface area contributed by atoms with Crippen molar-refractivity contribution in [1.82, 2.24) is 24.8 Å². The van der Waals surface area contributed by atoms with Crippen LogP contribution in [-0.2, 0) is 13.1 Å². The van der Waals surface area contributed by atoms with Crippen LogP contribution in [0.2, 0.25) is 0 Å². The van der Waals surface area contributed by atoms with Gasteiger partial charge in [-0.05, 0) is 26.1 Å². The number of benzene rings is 1. The number of nitrogens with zero attached hydrogens (tertiary/aromatic N) is 5. The van der Waals surface area contributed by atoms with E-state index in [0.717, 1.165) is 16.4 Å². The van der Waals surface area contributed by atoms with Crippen LogP contribution < -0.4 is 15.8 Å². The number of aryl methyl sites for hydroxylation is 1. The molecule has 1 aromatic carbocycles. The molecule has 3 N–H and O–H groups in total. The monoisotopic (exact) mass is 371 g/mol. The molecule has 0 aliphatic heterocycles. The molecule has 0 spiro atoms. The van der Waals surface area contributed by atoms with Crippen LogP contribution in [0.5, 0.6) is 5.75 Å². The molecule has 0 saturated carbocycles. The molecule has 0 fully saturated rings. The first kappa shape index (κ1) is 18.0. The average Bonchev–Trinajstić information content (AvgIpc) is 2.99. The van der Waals surface area contributed by atoms with Crippen LogP contribution in [-0.4, -0.2) is 39.0 Å². The molecule has 3 aromatic rings. The Morgan fingerprint density at radius 3 is 2.69 bits per heavy atom. The Morgan fingerprint density at radius 1 is 1.15 bits per heavy atom. The molecule has 0 atom stereocenters. The van der Waals surface area contributed by atoms with Crippen molar-refractivity contribution in [3.8, 4) is 5.75 Å². The lowest BCUT2D eigenvalue weighted by Gasteiger charge is -2.15. The highest BCUT2D eigenvalue weighted by Gasteiger charge is 2.11. The number of anilines is 3. The molecule has 0 bridgehead atoms. The third-order valence-electron chi connectivity index (χ3n) is 3.56. The van der Waals surface area contributed by atoms with Crippen molar-refractivity contribution in [2.45, 2.75) is 20.0 Å². The number of ether oxygens (including phenoxy) is 1. The molecule has 0 saturated heterocycles. The minimum Gasteiger partial charge on any atom is -0.495 e. The third kappa shape index (κ3) is 4.64. The van der Waals surface area contributed by atoms with E-state index in [9.17, 15) is 0 Å². The number of nitrogens with one attached hydrogen (secondary N) is 1. The Morgan fingerprint density at radius 2 is 1.96 bits per heavy atom. The van der Waals surface area contributed by atoms with Crippen LogP contribution in [0.3, 0.4) is 0 Å². The van der Waals surface area contributed by atoms with Gasteiger partial charge in [-0.1, -0.05) is 12.1 Å². The summed E-state index contributed by atoms with van der Waals surface area (Å²) >= 11 is 1.64. The molecule has 8 nitrogen and oxygen atoms in total. The Kier molecular flexibility index (Phi) is 5.59. The predicted octanol–water partition coefficient (Wildman–Crippen LogP) is 2.60. The van der Waals surface area contributed by atoms with Crippen molar-refractivity contribution in [1.29, 1.82) is 0 Å². The number of rotatable bonds is 7. The van der Waals surface area contributed by atoms with E-state index < -0.39 is 0 Å². The van der Waals surface area contributed by atoms with Gasteiger partial charge >= 0.3 is 0 Å². The third-order valence-corrected chi connectivity index (χ3v) is 4.38. The van der Waals surface area contributed by atoms with E-state index in [4.69, 9.17) is 10.5 Å². The summed E-state index contributed by atoms with van der Waals surface area (Å²) in [6.45, 7) is 3.24. The maximum atomic E-state index is 5.85. The van der Waals surface area contributed by atoms with Gasteiger partial charge in [0, 0.05) is 11.9 Å². The molecular formula is C17H21N7OS. The van der Waals surface area contributed by atoms with Crippen molar-refractivity contribution in [2.75, 3.05) is 25.2 Å². The maximum absolute atomic E-state index is 5.85. The number of thiazole rings is 1. The number of nitrogen functional groups attached to an aromatic ring is 1. The number of aromatic nitrogens is 4. The van der Waals surface area contributed by atoms with E-state index in [-0.39, 0.29) is 5.95 Å². The second kappa shape index (κ2) is 8.07. The Balaban J connectivity index is 1.72. The highest BCUT2D eigenvalue weighted by molar-refractivity contribution is 7.09. The van der Waals surface area contributed by atoms with Crippen LogP contribution in [0.15, 0.2) is 29.6 Å². The fraction of sp³-hybridized carbons (Fsp3) is 0.294. The van der Waals surface area contributed by atoms with Crippen LogP contribution >= 0.6 is 11.3 Å². The van der Waals surface area contributed by atoms with Crippen molar-refractivity contribution in [3.05, 3.63) is 46.2 Å². The van der Waals surface area contributed by atoms with Gasteiger partial charge in [0.2, 0.25) is 11.9 Å². The predicted molar refractivity (Wildman–Crippen MR) is 103 cm³/mol. The highest BCUT2D eigenvalue weighted by atomic mass is 32.1. The lowest BCUT2D eigenvalue weighted by atomic mass is 10.3. The summed E-state index contributed by atoms with van der Waals surface area (Å²) in [6.07, 6.45) is 0. The van der Waals surface area contributed by atoms with Crippen LogP contribution in [0.4, 0.5) is 17.6 Å². The van der Waals surface area contributed by atoms with Gasteiger partial charge in [-0.15, -0.1) is 11.3 Å². The molecule has 26 heavy (non-hydrogen) atoms. The molecule has 2 heterocycles. The summed E-state index contributed by atoms with van der Waals surface area (Å²) in [7, 11) is 3.60. The van der Waals surface area contributed by atoms with Gasteiger partial charge in [-0.2, -0.15) is 15.0 Å². The molecule has 0 aliphatic rings. The molecule has 0 amide bonds. The zero-order valence-corrected chi connectivity index (χ0v) is 15.7. The SMILES string of the molecule is COc1ccccc1Nc1nc(N)nc(CN(C)Cc2csc(C)n2)n1. The Hall–Kier alpha value is -2.78. The van der Waals surface area contributed by atoms with E-state index in [0.29, 0.717) is 30.6 Å². The number of hydrogen-bond donors (Lipinski definition) is 2. The normalized spacial score (nSPS) is 10.9. The smallest absolute Gasteiger partial charge is 0.232 e. The molecular weight excluding hydrogens is 350 g/mol. The molecule has 0 unspecified atom stereocenters. The van der Waals surface area contributed by atoms with Gasteiger partial charge in [0.15, 0.2) is 0 Å². The van der Waals surface area contributed by atoms with E-state index in [1.807, 2.05) is 38.2 Å². The lowest BCUT2D eigenvalue weighted by molar-refractivity contribution is 0.307. The second-order valence-corrected chi connectivity index (χ2v) is 6.85. The molecule has 3 rings (SSSR count). The summed E-state index contributed by atoms with van der Waals surface area (Å²) in [4.78, 5) is 19.4. The summed E-state index contributed by atoms with van der Waals surface area (Å²) in [5.74, 6) is 1.84. The lowest BCUT2D eigenvalue weighted by Crippen LogP contribution is -2.20. The fourth-order valence-electron chi connectivity index (χ4n) is 2.49. The standard InChI is InChI=1S/C17H21N7OS/c1-11-19-12(10-26-11)8-24(2)9-15-21-16(18)23-17(22-15)20-13-6-4-5-7-14(13)25-3/h4-7,10H,8-9H2,1-3H3,(H3,18,20,21,22,23). The summed E-state index contributed by atoms with van der Waals surface area (Å²) in [6, 6.07) is 7.54. The van der Waals surface area contributed by atoms with Crippen LogP contribution in [0, 0.1) is 6.92 Å². The zero-order chi connectivity index (χ0) is 18.5. The van der Waals surface area contributed by atoms with Crippen molar-refractivity contribution in [2.24, 2.45) is 0 Å². The summed E-state index contributed by atoms with van der Waals surface area (Å²) < 4.78 is 5.33. The number of nitrogens with two attached hydrogens (primary N) is 1. The average molecular weight is 371 g/mol. The first-order chi connectivity index (χ1) is 12.5. The molecule has 136 valence electrons. The van der Waals surface area contributed by atoms with Crippen molar-refractivity contribution in [3.63, 3.8) is 0 Å². The zero-order valence-electron chi connectivity index (χ0n) is 14.9. The Bertz CT molecular complexity index is 883. The van der Waals surface area contributed by atoms with E-state index in [2.05, 4.69) is 35.5 Å². The van der Waals surface area contributed by atoms with Gasteiger partial charge < -0.3 is 15.8 Å². The highest BCUT2D eigenvalue weighted by Crippen LogP contribution is 2.25. The maximum Gasteiger partial charge on any atom is 0.232 e. The number of hydrogen-bond acceptors (Lipinski definition) is 9. The Labute approximate surface area is 156 Å². The topological polar surface area (TPSA) is 102 Å².